The maximum Gasteiger partial charge on any atom is 0.154 e. The van der Waals surface area contributed by atoms with E-state index in [4.69, 9.17) is 0 Å². The van der Waals surface area contributed by atoms with Gasteiger partial charge in [-0.15, -0.1) is 10.2 Å². The Morgan fingerprint density at radius 2 is 2.09 bits per heavy atom. The van der Waals surface area contributed by atoms with Crippen molar-refractivity contribution in [1.82, 2.24) is 15.4 Å². The minimum absolute atomic E-state index is 0.956. The smallest absolute Gasteiger partial charge is 0.154 e. The number of hydrogen-bond donors (Lipinski definition) is 0. The molecule has 0 unspecified atom stereocenters. The summed E-state index contributed by atoms with van der Waals surface area (Å²) in [5.74, 6) is 0.956. The second-order valence-electron chi connectivity index (χ2n) is 2.67. The van der Waals surface area contributed by atoms with Crippen LogP contribution in [0.3, 0.4) is 0 Å². The fourth-order valence-corrected chi connectivity index (χ4v) is 1.35. The van der Waals surface area contributed by atoms with Gasteiger partial charge in [-0.2, -0.15) is 0 Å². The SMILES string of the molecule is c1cc(N2CCCC2)nnn1. The third kappa shape index (κ3) is 1.29. The Kier molecular flexibility index (Phi) is 1.67. The van der Waals surface area contributed by atoms with Crippen LogP contribution in [0.25, 0.3) is 0 Å². The molecule has 0 saturated carbocycles. The van der Waals surface area contributed by atoms with Crippen LogP contribution in [0.5, 0.6) is 0 Å². The van der Waals surface area contributed by atoms with E-state index in [1.54, 1.807) is 6.20 Å². The highest BCUT2D eigenvalue weighted by atomic mass is 15.4. The van der Waals surface area contributed by atoms with Crippen molar-refractivity contribution in [3.05, 3.63) is 12.3 Å². The molecule has 1 aromatic rings. The van der Waals surface area contributed by atoms with Gasteiger partial charge in [0.15, 0.2) is 5.82 Å². The van der Waals surface area contributed by atoms with Gasteiger partial charge in [-0.25, -0.2) is 0 Å². The molecule has 0 bridgehead atoms. The van der Waals surface area contributed by atoms with E-state index < -0.39 is 0 Å². The van der Waals surface area contributed by atoms with Gasteiger partial charge in [-0.3, -0.25) is 0 Å². The maximum absolute atomic E-state index is 3.93. The Balaban J connectivity index is 2.16. The minimum atomic E-state index is 0.956. The standard InChI is InChI=1S/C7H10N4/c1-2-6-11(5-1)7-3-4-8-10-9-7/h3-4H,1-2,5-6H2. The average molecular weight is 150 g/mol. The van der Waals surface area contributed by atoms with Gasteiger partial charge in [-0.05, 0) is 18.1 Å². The topological polar surface area (TPSA) is 41.9 Å². The zero-order valence-electron chi connectivity index (χ0n) is 6.27. The van der Waals surface area contributed by atoms with Crippen LogP contribution in [-0.4, -0.2) is 28.5 Å². The van der Waals surface area contributed by atoms with Crippen molar-refractivity contribution in [3.63, 3.8) is 0 Å². The Morgan fingerprint density at radius 1 is 1.27 bits per heavy atom. The van der Waals surface area contributed by atoms with Crippen LogP contribution < -0.4 is 4.90 Å². The third-order valence-electron chi connectivity index (χ3n) is 1.92. The number of aromatic nitrogens is 3. The lowest BCUT2D eigenvalue weighted by Crippen LogP contribution is -2.19. The predicted octanol–water partition coefficient (Wildman–Crippen LogP) is 0.472. The molecule has 1 aliphatic rings. The highest BCUT2D eigenvalue weighted by molar-refractivity contribution is 5.36. The Hall–Kier alpha value is -1.19. The molecule has 11 heavy (non-hydrogen) atoms. The number of hydrogen-bond acceptors (Lipinski definition) is 4. The molecule has 0 radical (unpaired) electrons. The van der Waals surface area contributed by atoms with Crippen LogP contribution in [0.1, 0.15) is 12.8 Å². The number of anilines is 1. The van der Waals surface area contributed by atoms with Crippen LogP contribution in [-0.2, 0) is 0 Å². The zero-order chi connectivity index (χ0) is 7.52. The minimum Gasteiger partial charge on any atom is -0.355 e. The van der Waals surface area contributed by atoms with E-state index >= 15 is 0 Å². The third-order valence-corrected chi connectivity index (χ3v) is 1.92. The van der Waals surface area contributed by atoms with E-state index in [0.717, 1.165) is 18.9 Å². The van der Waals surface area contributed by atoms with Gasteiger partial charge >= 0.3 is 0 Å². The molecular formula is C7H10N4. The summed E-state index contributed by atoms with van der Waals surface area (Å²) >= 11 is 0. The molecule has 4 nitrogen and oxygen atoms in total. The van der Waals surface area contributed by atoms with Crippen LogP contribution in [0.4, 0.5) is 5.82 Å². The first-order valence-electron chi connectivity index (χ1n) is 3.86. The van der Waals surface area contributed by atoms with Crippen molar-refractivity contribution in [2.24, 2.45) is 0 Å². The van der Waals surface area contributed by atoms with Crippen molar-refractivity contribution in [2.45, 2.75) is 12.8 Å². The molecule has 1 fully saturated rings. The highest BCUT2D eigenvalue weighted by Gasteiger charge is 2.12. The predicted molar refractivity (Wildman–Crippen MR) is 41.3 cm³/mol. The largest absolute Gasteiger partial charge is 0.355 e. The summed E-state index contributed by atoms with van der Waals surface area (Å²) in [5.41, 5.74) is 0. The van der Waals surface area contributed by atoms with E-state index in [0.29, 0.717) is 0 Å². The van der Waals surface area contributed by atoms with Crippen LogP contribution in [0.15, 0.2) is 12.3 Å². The molecular weight excluding hydrogens is 140 g/mol. The molecule has 2 heterocycles. The van der Waals surface area contributed by atoms with Crippen LogP contribution in [0.2, 0.25) is 0 Å². The van der Waals surface area contributed by atoms with Crippen LogP contribution >= 0.6 is 0 Å². The van der Waals surface area contributed by atoms with Crippen molar-refractivity contribution < 1.29 is 0 Å². The molecule has 0 N–H and O–H groups in total. The zero-order valence-corrected chi connectivity index (χ0v) is 6.27. The highest BCUT2D eigenvalue weighted by Crippen LogP contribution is 2.14. The number of rotatable bonds is 1. The van der Waals surface area contributed by atoms with E-state index in [-0.39, 0.29) is 0 Å². The summed E-state index contributed by atoms with van der Waals surface area (Å²) < 4.78 is 0. The summed E-state index contributed by atoms with van der Waals surface area (Å²) in [5, 5.41) is 11.1. The van der Waals surface area contributed by atoms with Crippen molar-refractivity contribution in [3.8, 4) is 0 Å². The first kappa shape index (κ1) is 6.52. The van der Waals surface area contributed by atoms with Crippen molar-refractivity contribution in [1.29, 1.82) is 0 Å². The van der Waals surface area contributed by atoms with Crippen LogP contribution in [0, 0.1) is 0 Å². The summed E-state index contributed by atoms with van der Waals surface area (Å²) in [7, 11) is 0. The van der Waals surface area contributed by atoms with E-state index in [9.17, 15) is 0 Å². The summed E-state index contributed by atoms with van der Waals surface area (Å²) in [6.07, 6.45) is 4.22. The monoisotopic (exact) mass is 150 g/mol. The summed E-state index contributed by atoms with van der Waals surface area (Å²) in [6.45, 7) is 2.22. The average Bonchev–Trinajstić information content (AvgIpc) is 2.58. The molecule has 0 aliphatic carbocycles. The molecule has 1 aromatic heterocycles. The second kappa shape index (κ2) is 2.82. The molecule has 4 heteroatoms. The normalized spacial score (nSPS) is 17.3. The molecule has 0 atom stereocenters. The molecule has 1 aliphatic heterocycles. The molecule has 2 rings (SSSR count). The summed E-state index contributed by atoms with van der Waals surface area (Å²) in [6, 6.07) is 1.90. The van der Waals surface area contributed by atoms with E-state index in [2.05, 4.69) is 20.3 Å². The Labute approximate surface area is 65.2 Å². The maximum atomic E-state index is 3.93. The first-order valence-corrected chi connectivity index (χ1v) is 3.86. The van der Waals surface area contributed by atoms with Gasteiger partial charge in [0.05, 0.1) is 6.20 Å². The van der Waals surface area contributed by atoms with E-state index in [1.807, 2.05) is 6.07 Å². The van der Waals surface area contributed by atoms with Gasteiger partial charge in [0.25, 0.3) is 0 Å². The van der Waals surface area contributed by atoms with E-state index in [1.165, 1.54) is 12.8 Å². The quantitative estimate of drug-likeness (QED) is 0.583. The second-order valence-corrected chi connectivity index (χ2v) is 2.67. The Bertz CT molecular complexity index is 217. The van der Waals surface area contributed by atoms with Gasteiger partial charge < -0.3 is 4.90 Å². The lowest BCUT2D eigenvalue weighted by molar-refractivity contribution is 0.821. The fourth-order valence-electron chi connectivity index (χ4n) is 1.35. The van der Waals surface area contributed by atoms with Gasteiger partial charge in [0.1, 0.15) is 0 Å². The molecule has 0 aromatic carbocycles. The van der Waals surface area contributed by atoms with Gasteiger partial charge in [0.2, 0.25) is 0 Å². The fraction of sp³-hybridized carbons (Fsp3) is 0.571. The van der Waals surface area contributed by atoms with Crippen molar-refractivity contribution in [2.75, 3.05) is 18.0 Å². The lowest BCUT2D eigenvalue weighted by Gasteiger charge is -2.13. The first-order chi connectivity index (χ1) is 5.47. The molecule has 1 saturated heterocycles. The molecule has 0 spiro atoms. The number of nitrogens with zero attached hydrogens (tertiary/aromatic N) is 4. The molecule has 58 valence electrons. The van der Waals surface area contributed by atoms with Gasteiger partial charge in [0, 0.05) is 19.2 Å². The van der Waals surface area contributed by atoms with Gasteiger partial charge in [-0.1, -0.05) is 0 Å². The lowest BCUT2D eigenvalue weighted by atomic mass is 10.4. The molecule has 0 amide bonds. The Morgan fingerprint density at radius 3 is 2.73 bits per heavy atom. The van der Waals surface area contributed by atoms with Crippen molar-refractivity contribution >= 4 is 5.82 Å². The summed E-state index contributed by atoms with van der Waals surface area (Å²) in [4.78, 5) is 2.23.